The number of hydrogen-bond donors (Lipinski definition) is 0. The zero-order valence-corrected chi connectivity index (χ0v) is 67.1. The lowest BCUT2D eigenvalue weighted by Gasteiger charge is -2.40. The van der Waals surface area contributed by atoms with Crippen LogP contribution < -0.4 is 14.2 Å². The fourth-order valence-electron chi connectivity index (χ4n) is 18.4. The van der Waals surface area contributed by atoms with E-state index >= 15 is 0 Å². The van der Waals surface area contributed by atoms with Crippen molar-refractivity contribution < 1.29 is 14.2 Å². The van der Waals surface area contributed by atoms with Gasteiger partial charge in [0.25, 0.3) is 0 Å². The van der Waals surface area contributed by atoms with E-state index in [0.29, 0.717) is 5.82 Å². The second kappa shape index (κ2) is 32.1. The van der Waals surface area contributed by atoms with Crippen molar-refractivity contribution in [2.75, 3.05) is 0 Å². The number of para-hydroxylation sites is 3. The molecule has 0 saturated heterocycles. The zero-order valence-electron chi connectivity index (χ0n) is 67.1. The highest BCUT2D eigenvalue weighted by molar-refractivity contribution is 6.12. The summed E-state index contributed by atoms with van der Waals surface area (Å²) in [6.07, 6.45) is 31.8. The minimum atomic E-state index is 0.216. The molecule has 3 aromatic heterocycles. The van der Waals surface area contributed by atoms with Gasteiger partial charge >= 0.3 is 0 Å². The summed E-state index contributed by atoms with van der Waals surface area (Å²) in [7, 11) is 0. The summed E-state index contributed by atoms with van der Waals surface area (Å²) >= 11 is 0. The second-order valence-corrected chi connectivity index (χ2v) is 31.6. The molecule has 0 amide bonds. The van der Waals surface area contributed by atoms with Gasteiger partial charge in [0, 0.05) is 96.2 Å². The highest BCUT2D eigenvalue weighted by Crippen LogP contribution is 2.55. The Kier molecular flexibility index (Phi) is 19.2. The monoisotopic (exact) mass is 1580 g/mol. The van der Waals surface area contributed by atoms with Gasteiger partial charge in [-0.2, -0.15) is 0 Å². The van der Waals surface area contributed by atoms with Crippen molar-refractivity contribution in [2.24, 2.45) is 11.8 Å². The molecule has 0 N–H and O–H groups in total. The van der Waals surface area contributed by atoms with E-state index in [1.165, 1.54) is 49.9 Å². The Morgan fingerprint density at radius 3 is 1.45 bits per heavy atom. The number of allylic oxidation sites excluding steroid dienone is 15. The predicted octanol–water partition coefficient (Wildman–Crippen LogP) is 29.1. The number of ether oxygens (including phenoxy) is 3. The Morgan fingerprint density at radius 1 is 0.309 bits per heavy atom. The van der Waals surface area contributed by atoms with E-state index in [-0.39, 0.29) is 17.8 Å². The lowest BCUT2D eigenvalue weighted by Crippen LogP contribution is -2.29. The van der Waals surface area contributed by atoms with Crippen molar-refractivity contribution in [1.29, 1.82) is 0 Å². The molecule has 17 aromatic rings. The molecule has 14 aromatic carbocycles. The maximum atomic E-state index is 6.41. The first-order chi connectivity index (χ1) is 61.0. The van der Waals surface area contributed by atoms with Crippen molar-refractivity contribution in [3.05, 3.63) is 453 Å². The summed E-state index contributed by atoms with van der Waals surface area (Å²) in [5.74, 6) is 8.49. The smallest absolute Gasteiger partial charge is 0.160 e. The topological polar surface area (TPSA) is 105 Å². The Balaban J connectivity index is 0.000000110. The van der Waals surface area contributed by atoms with Gasteiger partial charge < -0.3 is 14.2 Å². The number of aromatic nitrogens is 6. The van der Waals surface area contributed by atoms with Gasteiger partial charge in [-0.05, 0) is 134 Å². The van der Waals surface area contributed by atoms with Gasteiger partial charge in [-0.3, -0.25) is 0 Å². The van der Waals surface area contributed by atoms with E-state index in [0.717, 1.165) is 182 Å². The van der Waals surface area contributed by atoms with Gasteiger partial charge in [-0.1, -0.05) is 364 Å². The molecule has 3 atom stereocenters. The quantitative estimate of drug-likeness (QED) is 0.118. The molecule has 4 aliphatic carbocycles. The molecule has 9 heteroatoms. The van der Waals surface area contributed by atoms with E-state index < -0.39 is 0 Å². The largest absolute Gasteiger partial charge is 0.460 e. The van der Waals surface area contributed by atoms with Gasteiger partial charge in [-0.25, -0.2) is 29.9 Å². The molecule has 0 saturated carbocycles. The van der Waals surface area contributed by atoms with Crippen molar-refractivity contribution >= 4 is 32.7 Å². The van der Waals surface area contributed by atoms with E-state index in [1.807, 2.05) is 146 Å². The van der Waals surface area contributed by atoms with Gasteiger partial charge in [0.1, 0.15) is 34.5 Å². The van der Waals surface area contributed by atoms with Gasteiger partial charge in [0.05, 0.1) is 28.7 Å². The summed E-state index contributed by atoms with van der Waals surface area (Å²) in [5, 5.41) is 4.63. The SMILES string of the molecule is C1=CCC(c2nc(-c3ccccc3)ncc2C2=CCCC(C3=CC=C4Oc5ccccc5C5=CC=CC3C45)=C2)C=C1.c1ccc(-c2cc(-c3ccccc3-c3ccc4c5c(cccc35)-c3ccccc3O4)nc(-c3ccccc3)n2)cc1.c1ccc(-c2ncc(-c3ccc(-c4ccc5c6c(cccc46)-c4ccccc4O5)cc3)c(-c3ccccc3)n2)cc1. The third kappa shape index (κ3) is 14.0. The highest BCUT2D eigenvalue weighted by Gasteiger charge is 2.40. The third-order valence-electron chi connectivity index (χ3n) is 24.3. The van der Waals surface area contributed by atoms with E-state index in [2.05, 4.69) is 273 Å². The summed E-state index contributed by atoms with van der Waals surface area (Å²) in [6.45, 7) is 0. The molecule has 3 unspecified atom stereocenters. The van der Waals surface area contributed by atoms with Crippen molar-refractivity contribution in [3.63, 3.8) is 0 Å². The molecule has 24 rings (SSSR count). The van der Waals surface area contributed by atoms with Crippen LogP contribution in [0.15, 0.2) is 436 Å². The number of rotatable bonds is 12. The van der Waals surface area contributed by atoms with Crippen LogP contribution in [0.5, 0.6) is 28.7 Å². The van der Waals surface area contributed by atoms with Crippen LogP contribution in [0.2, 0.25) is 0 Å². The molecular formula is C114H78N6O3. The molecule has 123 heavy (non-hydrogen) atoms. The minimum Gasteiger partial charge on any atom is -0.460 e. The first-order valence-electron chi connectivity index (χ1n) is 42.1. The van der Waals surface area contributed by atoms with Crippen LogP contribution >= 0.6 is 0 Å². The summed E-state index contributed by atoms with van der Waals surface area (Å²) in [6, 6.07) is 117. The Morgan fingerprint density at radius 2 is 0.821 bits per heavy atom. The van der Waals surface area contributed by atoms with Crippen LogP contribution in [0.25, 0.3) is 156 Å². The maximum absolute atomic E-state index is 6.41. The van der Waals surface area contributed by atoms with Crippen LogP contribution in [0.1, 0.15) is 42.0 Å². The lowest BCUT2D eigenvalue weighted by molar-refractivity contribution is 0.336. The highest BCUT2D eigenvalue weighted by atomic mass is 16.5. The fourth-order valence-corrected chi connectivity index (χ4v) is 18.4. The molecule has 582 valence electrons. The standard InChI is InChI=1S/C38H30N2O.2C38H24N2O/c1-3-11-25(12-4-1)37-33(24-39-38(40-37)26-13-5-2-6-14-26)28-16-9-15-27(23-28)29-21-22-35-36-31(29)18-10-19-32(36)30-17-7-8-20-34(30)41-35;1-3-12-25(13-4-1)33-24-34(40-38(39-33)26-14-5-2-6-15-26)29-17-8-7-16-27(29)28-22-23-36-37-31(28)19-11-20-32(37)30-18-9-10-21-35(30)41-36;1-3-10-27(11-4-1)37-33(24-39-38(40-37)28-12-5-2-6-13-28)26-20-18-25(19-21-26)29-22-23-35-36-31(29)15-9-16-32(36)30-14-7-8-17-34(30)41-35/h1-8,10-11,13-14,16-25,31,36H,9,12,15H2;2*1-24H. The number of nitrogens with zero attached hydrogens (tertiary/aromatic N) is 6. The fraction of sp³-hybridized carbons (Fsp3) is 0.0526. The average molecular weight is 1580 g/mol. The van der Waals surface area contributed by atoms with Gasteiger partial charge in [0.2, 0.25) is 0 Å². The maximum Gasteiger partial charge on any atom is 0.160 e. The molecular weight excluding hydrogens is 1500 g/mol. The van der Waals surface area contributed by atoms with Gasteiger partial charge in [-0.15, -0.1) is 0 Å². The molecule has 7 aliphatic rings. The molecule has 3 aliphatic heterocycles. The third-order valence-corrected chi connectivity index (χ3v) is 24.3. The molecule has 0 spiro atoms. The molecule has 0 bridgehead atoms. The zero-order chi connectivity index (χ0) is 81.5. The normalized spacial score (nSPS) is 15.6. The van der Waals surface area contributed by atoms with Crippen LogP contribution in [-0.2, 0) is 0 Å². The predicted molar refractivity (Wildman–Crippen MR) is 499 cm³/mol. The van der Waals surface area contributed by atoms with Crippen LogP contribution in [0.3, 0.4) is 0 Å². The first kappa shape index (κ1) is 73.5. The van der Waals surface area contributed by atoms with Crippen molar-refractivity contribution in [3.8, 4) is 152 Å². The number of fused-ring (bicyclic) bond motifs is 6. The van der Waals surface area contributed by atoms with Crippen molar-refractivity contribution in [2.45, 2.75) is 25.2 Å². The summed E-state index contributed by atoms with van der Waals surface area (Å²) in [4.78, 5) is 29.9. The minimum absolute atomic E-state index is 0.216. The van der Waals surface area contributed by atoms with Gasteiger partial charge in [0.15, 0.2) is 17.5 Å². The van der Waals surface area contributed by atoms with E-state index in [9.17, 15) is 0 Å². The number of benzene rings is 14. The summed E-state index contributed by atoms with van der Waals surface area (Å²) in [5.41, 5.74) is 29.0. The first-order valence-corrected chi connectivity index (χ1v) is 42.1. The average Bonchev–Trinajstić information content (AvgIpc) is 0.754. The van der Waals surface area contributed by atoms with Crippen LogP contribution in [0, 0.1) is 11.8 Å². The Hall–Kier alpha value is -15.8. The molecule has 0 fully saturated rings. The molecule has 0 radical (unpaired) electrons. The Bertz CT molecular complexity index is 7230. The Labute approximate surface area is 714 Å². The second-order valence-electron chi connectivity index (χ2n) is 31.6. The molecule has 9 nitrogen and oxygen atoms in total. The van der Waals surface area contributed by atoms with Crippen LogP contribution in [0.4, 0.5) is 0 Å². The summed E-state index contributed by atoms with van der Waals surface area (Å²) < 4.78 is 19.1. The van der Waals surface area contributed by atoms with Crippen molar-refractivity contribution in [1.82, 2.24) is 29.9 Å². The number of hydrogen-bond acceptors (Lipinski definition) is 9. The van der Waals surface area contributed by atoms with E-state index in [1.54, 1.807) is 0 Å². The van der Waals surface area contributed by atoms with E-state index in [4.69, 9.17) is 44.1 Å². The molecule has 6 heterocycles. The lowest BCUT2D eigenvalue weighted by atomic mass is 9.68. The van der Waals surface area contributed by atoms with Crippen LogP contribution in [-0.4, -0.2) is 29.9 Å².